The van der Waals surface area contributed by atoms with Crippen molar-refractivity contribution in [3.05, 3.63) is 0 Å². The van der Waals surface area contributed by atoms with Gasteiger partial charge in [-0.2, -0.15) is 0 Å². The number of nitrogens with two attached hydrogens (primary N) is 1. The summed E-state index contributed by atoms with van der Waals surface area (Å²) in [7, 11) is -2.98. The fraction of sp³-hybridized carbons (Fsp3) is 1.00. The SMILES string of the molecule is CC(C(N)CC1CCCCC1)S(C)(=O)=O. The van der Waals surface area contributed by atoms with Gasteiger partial charge in [-0.05, 0) is 19.3 Å². The molecule has 2 atom stereocenters. The molecule has 4 heteroatoms. The van der Waals surface area contributed by atoms with E-state index in [9.17, 15) is 8.42 Å². The molecule has 0 aliphatic heterocycles. The number of hydrogen-bond acceptors (Lipinski definition) is 3. The third-order valence-electron chi connectivity index (χ3n) is 3.61. The van der Waals surface area contributed by atoms with Gasteiger partial charge < -0.3 is 5.73 Å². The molecule has 0 spiro atoms. The van der Waals surface area contributed by atoms with Crippen molar-refractivity contribution in [1.29, 1.82) is 0 Å². The summed E-state index contributed by atoms with van der Waals surface area (Å²) in [6, 6.07) is -0.192. The highest BCUT2D eigenvalue weighted by molar-refractivity contribution is 7.91. The standard InChI is InChI=1S/C11H23NO2S/c1-9(15(2,13)14)11(12)8-10-6-4-3-5-7-10/h9-11H,3-8,12H2,1-2H3. The van der Waals surface area contributed by atoms with Gasteiger partial charge in [0, 0.05) is 12.3 Å². The Morgan fingerprint density at radius 2 is 1.80 bits per heavy atom. The van der Waals surface area contributed by atoms with Crippen LogP contribution in [-0.4, -0.2) is 26.0 Å². The molecule has 0 amide bonds. The predicted octanol–water partition coefficient (Wildman–Crippen LogP) is 1.72. The van der Waals surface area contributed by atoms with E-state index in [1.54, 1.807) is 6.92 Å². The molecule has 0 bridgehead atoms. The van der Waals surface area contributed by atoms with Crippen LogP contribution in [0.4, 0.5) is 0 Å². The average molecular weight is 233 g/mol. The van der Waals surface area contributed by atoms with Crippen molar-refractivity contribution in [2.24, 2.45) is 11.7 Å². The molecular formula is C11H23NO2S. The Labute approximate surface area is 93.3 Å². The largest absolute Gasteiger partial charge is 0.327 e. The van der Waals surface area contributed by atoms with Gasteiger partial charge in [-0.25, -0.2) is 8.42 Å². The Kier molecular flexibility index (Phi) is 4.59. The van der Waals surface area contributed by atoms with E-state index in [1.807, 2.05) is 0 Å². The van der Waals surface area contributed by atoms with Crippen LogP contribution in [0.2, 0.25) is 0 Å². The minimum Gasteiger partial charge on any atom is -0.327 e. The van der Waals surface area contributed by atoms with Gasteiger partial charge in [-0.1, -0.05) is 32.1 Å². The maximum absolute atomic E-state index is 11.3. The molecule has 2 unspecified atom stereocenters. The van der Waals surface area contributed by atoms with Crippen molar-refractivity contribution < 1.29 is 8.42 Å². The van der Waals surface area contributed by atoms with Crippen molar-refractivity contribution >= 4 is 9.84 Å². The normalized spacial score (nSPS) is 23.7. The molecule has 90 valence electrons. The number of rotatable bonds is 4. The van der Waals surface area contributed by atoms with E-state index < -0.39 is 15.1 Å². The second-order valence-electron chi connectivity index (χ2n) is 4.94. The highest BCUT2D eigenvalue weighted by Gasteiger charge is 2.26. The molecule has 15 heavy (non-hydrogen) atoms. The van der Waals surface area contributed by atoms with Crippen molar-refractivity contribution in [1.82, 2.24) is 0 Å². The number of hydrogen-bond donors (Lipinski definition) is 1. The Morgan fingerprint density at radius 1 is 1.27 bits per heavy atom. The predicted molar refractivity (Wildman–Crippen MR) is 63.5 cm³/mol. The highest BCUT2D eigenvalue weighted by Crippen LogP contribution is 2.28. The van der Waals surface area contributed by atoms with Gasteiger partial charge in [0.1, 0.15) is 0 Å². The monoisotopic (exact) mass is 233 g/mol. The zero-order chi connectivity index (χ0) is 11.5. The Hall–Kier alpha value is -0.0900. The second-order valence-corrected chi connectivity index (χ2v) is 7.34. The Morgan fingerprint density at radius 3 is 2.27 bits per heavy atom. The van der Waals surface area contributed by atoms with E-state index in [2.05, 4.69) is 0 Å². The van der Waals surface area contributed by atoms with Crippen LogP contribution in [0.1, 0.15) is 45.4 Å². The summed E-state index contributed by atoms with van der Waals surface area (Å²) in [6.45, 7) is 1.73. The van der Waals surface area contributed by atoms with E-state index >= 15 is 0 Å². The average Bonchev–Trinajstić information content (AvgIpc) is 2.16. The summed E-state index contributed by atoms with van der Waals surface area (Å²) in [5.41, 5.74) is 5.96. The van der Waals surface area contributed by atoms with Crippen LogP contribution < -0.4 is 5.73 Å². The van der Waals surface area contributed by atoms with Crippen molar-refractivity contribution in [3.63, 3.8) is 0 Å². The molecule has 1 fully saturated rings. The third kappa shape index (κ3) is 4.11. The summed E-state index contributed by atoms with van der Waals surface area (Å²) in [5.74, 6) is 0.651. The molecule has 1 saturated carbocycles. The van der Waals surface area contributed by atoms with Gasteiger partial charge in [0.25, 0.3) is 0 Å². The summed E-state index contributed by atoms with van der Waals surface area (Å²) in [4.78, 5) is 0. The zero-order valence-electron chi connectivity index (χ0n) is 9.78. The minimum absolute atomic E-state index is 0.192. The van der Waals surface area contributed by atoms with Gasteiger partial charge in [-0.3, -0.25) is 0 Å². The third-order valence-corrected chi connectivity index (χ3v) is 5.31. The minimum atomic E-state index is -2.98. The maximum atomic E-state index is 11.3. The topological polar surface area (TPSA) is 60.2 Å². The van der Waals surface area contributed by atoms with Gasteiger partial charge in [0.05, 0.1) is 5.25 Å². The first-order chi connectivity index (χ1) is 6.91. The van der Waals surface area contributed by atoms with Crippen LogP contribution in [0.25, 0.3) is 0 Å². The molecule has 1 aliphatic rings. The first kappa shape index (κ1) is 13.0. The maximum Gasteiger partial charge on any atom is 0.151 e. The second kappa shape index (κ2) is 5.30. The summed E-state index contributed by atoms with van der Waals surface area (Å²) in [5, 5.41) is -0.403. The fourth-order valence-corrected chi connectivity index (χ4v) is 3.06. The van der Waals surface area contributed by atoms with Crippen molar-refractivity contribution in [2.45, 2.75) is 56.7 Å². The molecule has 0 aromatic carbocycles. The molecule has 1 rings (SSSR count). The molecule has 0 saturated heterocycles. The highest BCUT2D eigenvalue weighted by atomic mass is 32.2. The lowest BCUT2D eigenvalue weighted by atomic mass is 9.84. The van der Waals surface area contributed by atoms with Crippen LogP contribution in [0.3, 0.4) is 0 Å². The summed E-state index contributed by atoms with van der Waals surface area (Å²) < 4.78 is 22.7. The molecule has 3 nitrogen and oxygen atoms in total. The summed E-state index contributed by atoms with van der Waals surface area (Å²) >= 11 is 0. The lowest BCUT2D eigenvalue weighted by Gasteiger charge is -2.26. The lowest BCUT2D eigenvalue weighted by Crippen LogP contribution is -2.39. The van der Waals surface area contributed by atoms with Gasteiger partial charge in [0.15, 0.2) is 9.84 Å². The van der Waals surface area contributed by atoms with E-state index in [0.717, 1.165) is 6.42 Å². The smallest absolute Gasteiger partial charge is 0.151 e. The summed E-state index contributed by atoms with van der Waals surface area (Å²) in [6.07, 6.45) is 8.49. The zero-order valence-corrected chi connectivity index (χ0v) is 10.6. The van der Waals surface area contributed by atoms with E-state index in [-0.39, 0.29) is 6.04 Å². The van der Waals surface area contributed by atoms with Crippen LogP contribution in [0.5, 0.6) is 0 Å². The van der Waals surface area contributed by atoms with Crippen molar-refractivity contribution in [3.8, 4) is 0 Å². The van der Waals surface area contributed by atoms with Gasteiger partial charge in [-0.15, -0.1) is 0 Å². The van der Waals surface area contributed by atoms with Crippen LogP contribution in [0, 0.1) is 5.92 Å². The molecule has 2 N–H and O–H groups in total. The molecule has 0 aromatic heterocycles. The van der Waals surface area contributed by atoms with Crippen molar-refractivity contribution in [2.75, 3.05) is 6.26 Å². The number of sulfone groups is 1. The molecule has 1 aliphatic carbocycles. The molecule has 0 radical (unpaired) electrons. The van der Waals surface area contributed by atoms with E-state index in [1.165, 1.54) is 38.4 Å². The Balaban J connectivity index is 2.43. The van der Waals surface area contributed by atoms with Gasteiger partial charge >= 0.3 is 0 Å². The molecule has 0 heterocycles. The van der Waals surface area contributed by atoms with Crippen LogP contribution in [-0.2, 0) is 9.84 Å². The first-order valence-corrected chi connectivity index (χ1v) is 7.81. The van der Waals surface area contributed by atoms with E-state index in [0.29, 0.717) is 5.92 Å². The molecular weight excluding hydrogens is 210 g/mol. The first-order valence-electron chi connectivity index (χ1n) is 5.85. The van der Waals surface area contributed by atoms with Crippen LogP contribution in [0.15, 0.2) is 0 Å². The fourth-order valence-electron chi connectivity index (χ4n) is 2.32. The Bertz CT molecular complexity index is 281. The van der Waals surface area contributed by atoms with Gasteiger partial charge in [0.2, 0.25) is 0 Å². The molecule has 0 aromatic rings. The van der Waals surface area contributed by atoms with Crippen LogP contribution >= 0.6 is 0 Å². The lowest BCUT2D eigenvalue weighted by molar-refractivity contribution is 0.315. The van der Waals surface area contributed by atoms with E-state index in [4.69, 9.17) is 5.73 Å². The quantitative estimate of drug-likeness (QED) is 0.804.